The van der Waals surface area contributed by atoms with Crippen LogP contribution in [0.25, 0.3) is 28.3 Å². The average molecular weight is 649 g/mol. The number of anilines is 1. The van der Waals surface area contributed by atoms with Crippen LogP contribution in [0.2, 0.25) is 0 Å². The van der Waals surface area contributed by atoms with Gasteiger partial charge >= 0.3 is 0 Å². The van der Waals surface area contributed by atoms with Crippen LogP contribution in [0.3, 0.4) is 0 Å². The van der Waals surface area contributed by atoms with Gasteiger partial charge in [-0.15, -0.1) is 12.4 Å². The van der Waals surface area contributed by atoms with Crippen molar-refractivity contribution in [2.75, 3.05) is 25.1 Å². The monoisotopic (exact) mass is 648 g/mol. The first-order chi connectivity index (χ1) is 21.8. The standard InChI is InChI=1S/C33H30F2N6O4.ClH/c1-45-29-8-6-21(15-28(29)42)26-19-39-33(32(35)31(26)23-5-7-25(16-36)38-18-23)41-12-10-24(11-13-41)37-17-22-4-2-20(14-27(22)34)3-9-30(43)40-44;/h2-9,14-15,18-19,24,37,42,44H,10-13,17H2,1H3,(H,40,43);1H/b9-3+;. The number of hydrogen-bond donors (Lipinski definition) is 4. The first kappa shape index (κ1) is 33.8. The highest BCUT2D eigenvalue weighted by molar-refractivity contribution is 5.90. The molecule has 238 valence electrons. The quantitative estimate of drug-likeness (QED) is 0.107. The first-order valence-corrected chi connectivity index (χ1v) is 14.1. The molecule has 0 unspecified atom stereocenters. The minimum Gasteiger partial charge on any atom is -0.504 e. The molecule has 0 bridgehead atoms. The van der Waals surface area contributed by atoms with Gasteiger partial charge in [0.2, 0.25) is 0 Å². The Bertz CT molecular complexity index is 1770. The molecular weight excluding hydrogens is 618 g/mol. The van der Waals surface area contributed by atoms with Crippen molar-refractivity contribution in [3.05, 3.63) is 95.5 Å². The fraction of sp³-hybridized carbons (Fsp3) is 0.212. The molecule has 46 heavy (non-hydrogen) atoms. The number of pyridine rings is 2. The summed E-state index contributed by atoms with van der Waals surface area (Å²) in [6.45, 7) is 1.31. The number of piperidine rings is 1. The number of phenols is 1. The molecule has 13 heteroatoms. The van der Waals surface area contributed by atoms with Crippen molar-refractivity contribution in [2.45, 2.75) is 25.4 Å². The fourth-order valence-corrected chi connectivity index (χ4v) is 5.23. The summed E-state index contributed by atoms with van der Waals surface area (Å²) < 4.78 is 36.2. The second-order valence-electron chi connectivity index (χ2n) is 10.4. The molecule has 4 N–H and O–H groups in total. The predicted molar refractivity (Wildman–Crippen MR) is 170 cm³/mol. The number of carbonyl (C=O) groups is 1. The van der Waals surface area contributed by atoms with E-state index in [1.165, 1.54) is 43.1 Å². The number of benzene rings is 2. The number of amides is 1. The fourth-order valence-electron chi connectivity index (χ4n) is 5.23. The number of rotatable bonds is 9. The lowest BCUT2D eigenvalue weighted by atomic mass is 9.95. The van der Waals surface area contributed by atoms with Crippen molar-refractivity contribution in [3.63, 3.8) is 0 Å². The molecule has 2 aromatic carbocycles. The molecule has 4 aromatic rings. The van der Waals surface area contributed by atoms with Gasteiger partial charge in [0.25, 0.3) is 5.91 Å². The van der Waals surface area contributed by atoms with Crippen LogP contribution in [0.15, 0.2) is 67.0 Å². The maximum absolute atomic E-state index is 16.4. The average Bonchev–Trinajstić information content (AvgIpc) is 3.07. The number of nitrogens with zero attached hydrogens (tertiary/aromatic N) is 4. The Morgan fingerprint density at radius 3 is 2.50 bits per heavy atom. The summed E-state index contributed by atoms with van der Waals surface area (Å²) in [5.41, 5.74) is 4.30. The molecule has 10 nitrogen and oxygen atoms in total. The number of carbonyl (C=O) groups excluding carboxylic acids is 1. The van der Waals surface area contributed by atoms with Crippen molar-refractivity contribution < 1.29 is 28.6 Å². The second-order valence-corrected chi connectivity index (χ2v) is 10.4. The number of hydroxylamine groups is 1. The number of methoxy groups -OCH3 is 1. The number of phenolic OH excluding ortho intramolecular Hbond substituents is 1. The summed E-state index contributed by atoms with van der Waals surface area (Å²) in [6, 6.07) is 14.6. The number of hydrogen-bond acceptors (Lipinski definition) is 9. The summed E-state index contributed by atoms with van der Waals surface area (Å²) in [5, 5.41) is 31.5. The molecule has 5 rings (SSSR count). The Morgan fingerprint density at radius 1 is 1.11 bits per heavy atom. The van der Waals surface area contributed by atoms with E-state index in [-0.39, 0.29) is 47.0 Å². The normalized spacial score (nSPS) is 13.2. The lowest BCUT2D eigenvalue weighted by Gasteiger charge is -2.34. The van der Waals surface area contributed by atoms with Crippen LogP contribution in [0.1, 0.15) is 29.7 Å². The predicted octanol–water partition coefficient (Wildman–Crippen LogP) is 5.37. The van der Waals surface area contributed by atoms with Crippen LogP contribution in [0.5, 0.6) is 11.5 Å². The third kappa shape index (κ3) is 7.58. The molecule has 0 saturated carbocycles. The summed E-state index contributed by atoms with van der Waals surface area (Å²) in [7, 11) is 1.44. The van der Waals surface area contributed by atoms with Crippen molar-refractivity contribution >= 4 is 30.2 Å². The van der Waals surface area contributed by atoms with Gasteiger partial charge in [-0.3, -0.25) is 10.0 Å². The van der Waals surface area contributed by atoms with Gasteiger partial charge in [-0.2, -0.15) is 5.26 Å². The second kappa shape index (κ2) is 15.3. The van der Waals surface area contributed by atoms with E-state index in [0.717, 1.165) is 6.08 Å². The number of aromatic nitrogens is 2. The zero-order valence-electron chi connectivity index (χ0n) is 24.7. The summed E-state index contributed by atoms with van der Waals surface area (Å²) in [6.07, 6.45) is 6.83. The Balaban J connectivity index is 0.00000480. The van der Waals surface area contributed by atoms with Crippen LogP contribution in [-0.4, -0.2) is 52.4 Å². The van der Waals surface area contributed by atoms with Gasteiger partial charge in [0.05, 0.1) is 7.11 Å². The number of aromatic hydroxyl groups is 1. The largest absolute Gasteiger partial charge is 0.504 e. The third-order valence-electron chi connectivity index (χ3n) is 7.65. The lowest BCUT2D eigenvalue weighted by molar-refractivity contribution is -0.124. The Morgan fingerprint density at radius 2 is 1.87 bits per heavy atom. The summed E-state index contributed by atoms with van der Waals surface area (Å²) in [5.74, 6) is -1.32. The molecule has 1 aliphatic heterocycles. The van der Waals surface area contributed by atoms with Crippen molar-refractivity contribution in [1.82, 2.24) is 20.8 Å². The van der Waals surface area contributed by atoms with Crippen LogP contribution in [-0.2, 0) is 11.3 Å². The molecule has 1 aliphatic rings. The van der Waals surface area contributed by atoms with Crippen LogP contribution in [0, 0.1) is 23.0 Å². The van der Waals surface area contributed by atoms with Crippen molar-refractivity contribution in [1.29, 1.82) is 5.26 Å². The molecular formula is C33H31ClF2N6O4. The van der Waals surface area contributed by atoms with Gasteiger partial charge < -0.3 is 20.1 Å². The highest BCUT2D eigenvalue weighted by atomic mass is 35.5. The molecule has 0 spiro atoms. The number of nitriles is 1. The molecule has 0 radical (unpaired) electrons. The number of halogens is 3. The summed E-state index contributed by atoms with van der Waals surface area (Å²) in [4.78, 5) is 21.6. The SMILES string of the molecule is COc1ccc(-c2cnc(N3CCC(NCc4ccc(/C=C/C(=O)NO)cc4F)CC3)c(F)c2-c2ccc(C#N)nc2)cc1O.Cl. The Hall–Kier alpha value is -5.09. The van der Waals surface area contributed by atoms with E-state index in [4.69, 9.17) is 9.94 Å². The lowest BCUT2D eigenvalue weighted by Crippen LogP contribution is -2.43. The molecule has 0 aliphatic carbocycles. The van der Waals surface area contributed by atoms with E-state index in [1.807, 2.05) is 11.0 Å². The highest BCUT2D eigenvalue weighted by Crippen LogP contribution is 2.40. The van der Waals surface area contributed by atoms with Gasteiger partial charge in [-0.25, -0.2) is 24.2 Å². The van der Waals surface area contributed by atoms with Crippen LogP contribution < -0.4 is 20.4 Å². The zero-order valence-corrected chi connectivity index (χ0v) is 25.5. The van der Waals surface area contributed by atoms with Crippen molar-refractivity contribution in [3.8, 4) is 39.8 Å². The van der Waals surface area contributed by atoms with Crippen LogP contribution >= 0.6 is 12.4 Å². The van der Waals surface area contributed by atoms with Crippen LogP contribution in [0.4, 0.5) is 14.6 Å². The molecule has 1 saturated heterocycles. The van der Waals surface area contributed by atoms with Gasteiger partial charge in [0, 0.05) is 66.4 Å². The third-order valence-corrected chi connectivity index (χ3v) is 7.65. The van der Waals surface area contributed by atoms with Crippen molar-refractivity contribution in [2.24, 2.45) is 0 Å². The van der Waals surface area contributed by atoms with E-state index < -0.39 is 17.5 Å². The molecule has 1 amide bonds. The topological polar surface area (TPSA) is 144 Å². The van der Waals surface area contributed by atoms with Gasteiger partial charge in [0.15, 0.2) is 23.1 Å². The molecule has 2 aromatic heterocycles. The van der Waals surface area contributed by atoms with E-state index in [0.29, 0.717) is 60.3 Å². The van der Waals surface area contributed by atoms with Gasteiger partial charge in [-0.05, 0) is 60.4 Å². The molecule has 0 atom stereocenters. The first-order valence-electron chi connectivity index (χ1n) is 14.1. The molecule has 1 fully saturated rings. The highest BCUT2D eigenvalue weighted by Gasteiger charge is 2.26. The van der Waals surface area contributed by atoms with Gasteiger partial charge in [-0.1, -0.05) is 18.2 Å². The Labute approximate surface area is 270 Å². The van der Waals surface area contributed by atoms with E-state index >= 15 is 4.39 Å². The minimum atomic E-state index is -0.710. The van der Waals surface area contributed by atoms with E-state index in [1.54, 1.807) is 36.5 Å². The summed E-state index contributed by atoms with van der Waals surface area (Å²) >= 11 is 0. The molecule has 3 heterocycles. The zero-order chi connectivity index (χ0) is 31.9. The Kier molecular flexibility index (Phi) is 11.2. The van der Waals surface area contributed by atoms with Gasteiger partial charge in [0.1, 0.15) is 17.6 Å². The van der Waals surface area contributed by atoms with E-state index in [9.17, 15) is 19.6 Å². The smallest absolute Gasteiger partial charge is 0.267 e. The minimum absolute atomic E-state index is 0. The maximum Gasteiger partial charge on any atom is 0.267 e. The number of nitrogens with one attached hydrogen (secondary N) is 2. The maximum atomic E-state index is 16.4. The van der Waals surface area contributed by atoms with E-state index in [2.05, 4.69) is 15.3 Å². The number of ether oxygens (including phenoxy) is 1.